The predicted octanol–water partition coefficient (Wildman–Crippen LogP) is 4.50. The Balaban J connectivity index is 1.92. The van der Waals surface area contributed by atoms with Crippen molar-refractivity contribution >= 4 is 11.5 Å². The van der Waals surface area contributed by atoms with Crippen molar-refractivity contribution in [1.29, 1.82) is 0 Å². The first-order valence-corrected chi connectivity index (χ1v) is 8.15. The molecule has 0 saturated carbocycles. The molecular weight excluding hydrogens is 366 g/mol. The van der Waals surface area contributed by atoms with Gasteiger partial charge in [-0.15, -0.1) is 10.2 Å². The maximum absolute atomic E-state index is 10.0. The summed E-state index contributed by atoms with van der Waals surface area (Å²) in [4.78, 5) is 4.18. The highest BCUT2D eigenvalue weighted by Crippen LogP contribution is 2.42. The van der Waals surface area contributed by atoms with Gasteiger partial charge in [-0.3, -0.25) is 0 Å². The Morgan fingerprint density at radius 2 is 1.50 bits per heavy atom. The van der Waals surface area contributed by atoms with Crippen molar-refractivity contribution in [2.45, 2.75) is 0 Å². The van der Waals surface area contributed by atoms with Gasteiger partial charge < -0.3 is 28.5 Å². The number of ether oxygens (including phenoxy) is 4. The van der Waals surface area contributed by atoms with E-state index in [2.05, 4.69) is 15.2 Å². The minimum atomic E-state index is -0.457. The molecular formula is C19H19N3O6. The molecule has 0 amide bonds. The summed E-state index contributed by atoms with van der Waals surface area (Å²) in [7, 11) is 6.09. The lowest BCUT2D eigenvalue weighted by Crippen LogP contribution is -1.95. The Kier molecular flexibility index (Phi) is 5.64. The van der Waals surface area contributed by atoms with Crippen LogP contribution in [0.2, 0.25) is 0 Å². The minimum Gasteiger partial charge on any atom is -0.497 e. The molecule has 3 aromatic rings. The molecule has 2 aromatic carbocycles. The lowest BCUT2D eigenvalue weighted by molar-refractivity contribution is 0.323. The van der Waals surface area contributed by atoms with Crippen molar-refractivity contribution in [2.24, 2.45) is 10.2 Å². The van der Waals surface area contributed by atoms with E-state index in [9.17, 15) is 5.11 Å². The van der Waals surface area contributed by atoms with E-state index in [-0.39, 0.29) is 11.7 Å². The van der Waals surface area contributed by atoms with Crippen LogP contribution in [-0.4, -0.2) is 38.5 Å². The van der Waals surface area contributed by atoms with E-state index in [1.54, 1.807) is 43.5 Å². The first-order chi connectivity index (χ1) is 13.6. The highest BCUT2D eigenvalue weighted by atomic mass is 16.5. The summed E-state index contributed by atoms with van der Waals surface area (Å²) < 4.78 is 26.3. The molecule has 3 rings (SSSR count). The summed E-state index contributed by atoms with van der Waals surface area (Å²) in [5.74, 6) is 1.60. The summed E-state index contributed by atoms with van der Waals surface area (Å²) in [5.41, 5.74) is 1.08. The van der Waals surface area contributed by atoms with Crippen molar-refractivity contribution in [3.05, 3.63) is 36.4 Å². The number of rotatable bonds is 7. The van der Waals surface area contributed by atoms with Gasteiger partial charge in [-0.05, 0) is 36.4 Å². The van der Waals surface area contributed by atoms with E-state index in [0.29, 0.717) is 34.2 Å². The van der Waals surface area contributed by atoms with Crippen LogP contribution < -0.4 is 18.9 Å². The molecule has 0 spiro atoms. The summed E-state index contributed by atoms with van der Waals surface area (Å²) in [6.45, 7) is 0. The Morgan fingerprint density at radius 1 is 0.857 bits per heavy atom. The summed E-state index contributed by atoms with van der Waals surface area (Å²) in [6, 6.07) is 10.2. The van der Waals surface area contributed by atoms with Crippen LogP contribution in [0, 0.1) is 0 Å². The Morgan fingerprint density at radius 3 is 2.04 bits per heavy atom. The molecule has 0 aliphatic carbocycles. The van der Waals surface area contributed by atoms with Gasteiger partial charge >= 0.3 is 5.95 Å². The second-order valence-electron chi connectivity index (χ2n) is 5.46. The standard InChI is InChI=1S/C19H19N3O6/c1-24-13-7-5-12(6-8-13)21-22-17-19(23)28-18(20-17)11-9-14(25-2)16(27-4)15(10-11)26-3/h5-10,23H,1-4H3. The van der Waals surface area contributed by atoms with Gasteiger partial charge in [-0.2, -0.15) is 4.98 Å². The molecule has 1 N–H and O–H groups in total. The van der Waals surface area contributed by atoms with Crippen molar-refractivity contribution in [2.75, 3.05) is 28.4 Å². The van der Waals surface area contributed by atoms with Crippen molar-refractivity contribution < 1.29 is 28.5 Å². The number of hydrogen-bond donors (Lipinski definition) is 1. The fourth-order valence-corrected chi connectivity index (χ4v) is 2.45. The fourth-order valence-electron chi connectivity index (χ4n) is 2.45. The summed E-state index contributed by atoms with van der Waals surface area (Å²) in [5, 5.41) is 18.0. The third kappa shape index (κ3) is 3.83. The highest BCUT2D eigenvalue weighted by molar-refractivity contribution is 5.67. The summed E-state index contributed by atoms with van der Waals surface area (Å²) in [6.07, 6.45) is 0. The average Bonchev–Trinajstić information content (AvgIpc) is 3.11. The van der Waals surface area contributed by atoms with E-state index in [4.69, 9.17) is 23.4 Å². The van der Waals surface area contributed by atoms with E-state index < -0.39 is 5.95 Å². The molecule has 0 bridgehead atoms. The molecule has 28 heavy (non-hydrogen) atoms. The number of oxazole rings is 1. The molecule has 0 unspecified atom stereocenters. The molecule has 0 aliphatic heterocycles. The van der Waals surface area contributed by atoms with Crippen LogP contribution in [0.4, 0.5) is 11.5 Å². The molecule has 9 heteroatoms. The number of benzene rings is 2. The van der Waals surface area contributed by atoms with E-state index in [1.165, 1.54) is 21.3 Å². The number of aromatic nitrogens is 1. The van der Waals surface area contributed by atoms with Gasteiger partial charge in [0.1, 0.15) is 5.75 Å². The first kappa shape index (κ1) is 19.0. The number of nitrogens with zero attached hydrogens (tertiary/aromatic N) is 3. The number of azo groups is 1. The first-order valence-electron chi connectivity index (χ1n) is 8.15. The van der Waals surface area contributed by atoms with Crippen LogP contribution in [0.5, 0.6) is 28.9 Å². The molecule has 0 atom stereocenters. The number of methoxy groups -OCH3 is 4. The third-order valence-electron chi connectivity index (χ3n) is 3.84. The van der Waals surface area contributed by atoms with Crippen LogP contribution >= 0.6 is 0 Å². The highest BCUT2D eigenvalue weighted by Gasteiger charge is 2.19. The fraction of sp³-hybridized carbons (Fsp3) is 0.211. The monoisotopic (exact) mass is 385 g/mol. The Bertz CT molecular complexity index is 957. The van der Waals surface area contributed by atoms with Crippen LogP contribution in [-0.2, 0) is 0 Å². The van der Waals surface area contributed by atoms with Gasteiger partial charge in [-0.25, -0.2) is 0 Å². The molecule has 1 aromatic heterocycles. The zero-order chi connectivity index (χ0) is 20.1. The molecule has 146 valence electrons. The second-order valence-corrected chi connectivity index (χ2v) is 5.46. The molecule has 0 saturated heterocycles. The van der Waals surface area contributed by atoms with Crippen molar-refractivity contribution in [1.82, 2.24) is 4.98 Å². The topological polar surface area (TPSA) is 108 Å². The maximum atomic E-state index is 10.0. The lowest BCUT2D eigenvalue weighted by Gasteiger charge is -2.12. The van der Waals surface area contributed by atoms with E-state index in [1.807, 2.05) is 0 Å². The Labute approximate surface area is 161 Å². The SMILES string of the molecule is COc1ccc(N=Nc2nc(-c3cc(OC)c(OC)c(OC)c3)oc2O)cc1. The smallest absolute Gasteiger partial charge is 0.332 e. The van der Waals surface area contributed by atoms with Crippen LogP contribution in [0.1, 0.15) is 0 Å². The molecule has 0 fully saturated rings. The number of hydrogen-bond acceptors (Lipinski definition) is 9. The number of aromatic hydroxyl groups is 1. The quantitative estimate of drug-likeness (QED) is 0.597. The molecule has 0 aliphatic rings. The van der Waals surface area contributed by atoms with Gasteiger partial charge in [-0.1, -0.05) is 0 Å². The second kappa shape index (κ2) is 8.30. The van der Waals surface area contributed by atoms with Gasteiger partial charge in [0.15, 0.2) is 11.5 Å². The van der Waals surface area contributed by atoms with Crippen molar-refractivity contribution in [3.8, 4) is 40.4 Å². The largest absolute Gasteiger partial charge is 0.497 e. The van der Waals surface area contributed by atoms with E-state index >= 15 is 0 Å². The van der Waals surface area contributed by atoms with Crippen LogP contribution in [0.25, 0.3) is 11.5 Å². The molecule has 0 radical (unpaired) electrons. The third-order valence-corrected chi connectivity index (χ3v) is 3.84. The van der Waals surface area contributed by atoms with Crippen molar-refractivity contribution in [3.63, 3.8) is 0 Å². The van der Waals surface area contributed by atoms with Gasteiger partial charge in [0, 0.05) is 5.56 Å². The Hall–Kier alpha value is -3.75. The minimum absolute atomic E-state index is 0.0560. The lowest BCUT2D eigenvalue weighted by atomic mass is 10.2. The molecule has 9 nitrogen and oxygen atoms in total. The van der Waals surface area contributed by atoms with Gasteiger partial charge in [0.25, 0.3) is 5.82 Å². The summed E-state index contributed by atoms with van der Waals surface area (Å²) >= 11 is 0. The zero-order valence-electron chi connectivity index (χ0n) is 15.8. The van der Waals surface area contributed by atoms with Crippen LogP contribution in [0.3, 0.4) is 0 Å². The maximum Gasteiger partial charge on any atom is 0.332 e. The molecule has 1 heterocycles. The van der Waals surface area contributed by atoms with E-state index in [0.717, 1.165) is 0 Å². The normalized spacial score (nSPS) is 10.9. The van der Waals surface area contributed by atoms with Crippen LogP contribution in [0.15, 0.2) is 51.0 Å². The van der Waals surface area contributed by atoms with Gasteiger partial charge in [0.2, 0.25) is 11.6 Å². The zero-order valence-corrected chi connectivity index (χ0v) is 15.8. The van der Waals surface area contributed by atoms with Gasteiger partial charge in [0.05, 0.1) is 34.1 Å². The predicted molar refractivity (Wildman–Crippen MR) is 100 cm³/mol. The average molecular weight is 385 g/mol.